The van der Waals surface area contributed by atoms with Crippen molar-refractivity contribution in [2.24, 2.45) is 0 Å². The number of nitrogens with one attached hydrogen (secondary N) is 2. The number of hydrogen-bond donors (Lipinski definition) is 2. The number of hydrogen-bond acceptors (Lipinski definition) is 4. The van der Waals surface area contributed by atoms with Gasteiger partial charge in [-0.05, 0) is 12.8 Å². The maximum atomic E-state index is 12.3. The summed E-state index contributed by atoms with van der Waals surface area (Å²) in [6.07, 6.45) is 7.79. The summed E-state index contributed by atoms with van der Waals surface area (Å²) >= 11 is 0. The lowest BCUT2D eigenvalue weighted by atomic mass is 10.1. The number of carbonyl (C=O) groups excluding carboxylic acids is 1. The molecule has 0 unspecified atom stereocenters. The van der Waals surface area contributed by atoms with E-state index in [1.165, 1.54) is 19.3 Å². The molecule has 0 aliphatic rings. The van der Waals surface area contributed by atoms with Crippen molar-refractivity contribution in [1.29, 1.82) is 0 Å². The van der Waals surface area contributed by atoms with Gasteiger partial charge in [0.05, 0.1) is 12.3 Å². The van der Waals surface area contributed by atoms with Gasteiger partial charge in [-0.25, -0.2) is 4.79 Å². The number of carbonyl (C=O) groups is 1. The Morgan fingerprint density at radius 2 is 1.71 bits per heavy atom. The largest absolute Gasteiger partial charge is 0.477 e. The SMILES string of the molecule is CCCCCCCNC(=O)Nc1cc(OCCCC)nnc1-c1ccccc1. The Morgan fingerprint density at radius 1 is 0.964 bits per heavy atom. The molecule has 1 aromatic carbocycles. The third-order valence-electron chi connectivity index (χ3n) is 4.38. The molecule has 0 radical (unpaired) electrons. The normalized spacial score (nSPS) is 10.5. The molecule has 0 fully saturated rings. The number of rotatable bonds is 12. The van der Waals surface area contributed by atoms with Crippen LogP contribution in [-0.4, -0.2) is 29.4 Å². The molecule has 1 heterocycles. The molecule has 0 saturated heterocycles. The Bertz CT molecular complexity index is 707. The van der Waals surface area contributed by atoms with Crippen molar-refractivity contribution >= 4 is 11.7 Å². The maximum Gasteiger partial charge on any atom is 0.319 e. The number of ether oxygens (including phenoxy) is 1. The predicted molar refractivity (Wildman–Crippen MR) is 114 cm³/mol. The Labute approximate surface area is 168 Å². The lowest BCUT2D eigenvalue weighted by molar-refractivity contribution is 0.252. The number of nitrogens with zero attached hydrogens (tertiary/aromatic N) is 2. The van der Waals surface area contributed by atoms with Gasteiger partial charge in [0.1, 0.15) is 5.69 Å². The standard InChI is InChI=1S/C22H32N4O2/c1-3-5-7-8-12-15-23-22(27)24-19-17-20(28-16-6-4-2)25-26-21(19)18-13-10-9-11-14-18/h9-11,13-14,17H,3-8,12,15-16H2,1-2H3,(H2,23,24,25,27). The van der Waals surface area contributed by atoms with Gasteiger partial charge >= 0.3 is 6.03 Å². The first-order valence-electron chi connectivity index (χ1n) is 10.3. The summed E-state index contributed by atoms with van der Waals surface area (Å²) in [5.41, 5.74) is 2.11. The highest BCUT2D eigenvalue weighted by molar-refractivity contribution is 5.93. The van der Waals surface area contributed by atoms with Gasteiger partial charge in [0.2, 0.25) is 5.88 Å². The van der Waals surface area contributed by atoms with Crippen LogP contribution in [0, 0.1) is 0 Å². The number of aromatic nitrogens is 2. The second-order valence-electron chi connectivity index (χ2n) is 6.81. The van der Waals surface area contributed by atoms with Crippen LogP contribution in [0.15, 0.2) is 36.4 Å². The molecule has 0 saturated carbocycles. The molecule has 1 aromatic heterocycles. The van der Waals surface area contributed by atoms with Crippen LogP contribution in [0.4, 0.5) is 10.5 Å². The van der Waals surface area contributed by atoms with Gasteiger partial charge in [-0.1, -0.05) is 76.3 Å². The summed E-state index contributed by atoms with van der Waals surface area (Å²) in [5.74, 6) is 0.419. The second kappa shape index (κ2) is 12.7. The fourth-order valence-corrected chi connectivity index (χ4v) is 2.77. The second-order valence-corrected chi connectivity index (χ2v) is 6.81. The van der Waals surface area contributed by atoms with Crippen molar-refractivity contribution in [2.75, 3.05) is 18.5 Å². The summed E-state index contributed by atoms with van der Waals surface area (Å²) in [5, 5.41) is 14.3. The highest BCUT2D eigenvalue weighted by Gasteiger charge is 2.13. The summed E-state index contributed by atoms with van der Waals surface area (Å²) in [7, 11) is 0. The number of amides is 2. The zero-order valence-corrected chi connectivity index (χ0v) is 17.0. The topological polar surface area (TPSA) is 76.1 Å². The molecule has 2 rings (SSSR count). The molecule has 6 nitrogen and oxygen atoms in total. The molecule has 2 N–H and O–H groups in total. The minimum atomic E-state index is -0.236. The van der Waals surface area contributed by atoms with E-state index in [0.29, 0.717) is 30.4 Å². The highest BCUT2D eigenvalue weighted by atomic mass is 16.5. The van der Waals surface area contributed by atoms with Crippen molar-refractivity contribution < 1.29 is 9.53 Å². The smallest absolute Gasteiger partial charge is 0.319 e. The fraction of sp³-hybridized carbons (Fsp3) is 0.500. The molecule has 0 atom stereocenters. The van der Waals surface area contributed by atoms with Gasteiger partial charge < -0.3 is 15.4 Å². The van der Waals surface area contributed by atoms with Crippen molar-refractivity contribution in [3.8, 4) is 17.1 Å². The average molecular weight is 385 g/mol. The van der Waals surface area contributed by atoms with Gasteiger partial charge in [0.15, 0.2) is 0 Å². The van der Waals surface area contributed by atoms with Gasteiger partial charge in [-0.15, -0.1) is 10.2 Å². The molecule has 0 spiro atoms. The summed E-state index contributed by atoms with van der Waals surface area (Å²) in [6, 6.07) is 11.2. The minimum absolute atomic E-state index is 0.236. The highest BCUT2D eigenvalue weighted by Crippen LogP contribution is 2.27. The van der Waals surface area contributed by atoms with Crippen LogP contribution in [0.25, 0.3) is 11.3 Å². The molecule has 6 heteroatoms. The Balaban J connectivity index is 2.01. The zero-order valence-electron chi connectivity index (χ0n) is 17.0. The quantitative estimate of drug-likeness (QED) is 0.479. The Kier molecular flexibility index (Phi) is 9.83. The average Bonchev–Trinajstić information content (AvgIpc) is 2.72. The number of anilines is 1. The van der Waals surface area contributed by atoms with E-state index in [0.717, 1.165) is 31.2 Å². The molecular weight excluding hydrogens is 352 g/mol. The Morgan fingerprint density at radius 3 is 2.46 bits per heavy atom. The molecule has 0 bridgehead atoms. The first-order chi connectivity index (χ1) is 13.7. The van der Waals surface area contributed by atoms with Crippen LogP contribution in [0.5, 0.6) is 5.88 Å². The lowest BCUT2D eigenvalue weighted by Crippen LogP contribution is -2.29. The van der Waals surface area contributed by atoms with E-state index in [-0.39, 0.29) is 6.03 Å². The van der Waals surface area contributed by atoms with E-state index in [9.17, 15) is 4.79 Å². The van der Waals surface area contributed by atoms with Gasteiger partial charge in [0, 0.05) is 18.2 Å². The molecule has 2 aromatic rings. The van der Waals surface area contributed by atoms with Crippen LogP contribution in [0.1, 0.15) is 58.8 Å². The summed E-state index contributed by atoms with van der Waals surface area (Å²) in [6.45, 7) is 5.54. The van der Waals surface area contributed by atoms with Crippen LogP contribution < -0.4 is 15.4 Å². The molecule has 0 aliphatic heterocycles. The molecular formula is C22H32N4O2. The van der Waals surface area contributed by atoms with E-state index in [1.54, 1.807) is 6.07 Å². The molecule has 28 heavy (non-hydrogen) atoms. The number of benzene rings is 1. The first-order valence-corrected chi connectivity index (χ1v) is 10.3. The maximum absolute atomic E-state index is 12.3. The van der Waals surface area contributed by atoms with Crippen LogP contribution in [0.2, 0.25) is 0 Å². The monoisotopic (exact) mass is 384 g/mol. The van der Waals surface area contributed by atoms with E-state index >= 15 is 0 Å². The fourth-order valence-electron chi connectivity index (χ4n) is 2.77. The van der Waals surface area contributed by atoms with E-state index in [2.05, 4.69) is 34.7 Å². The van der Waals surface area contributed by atoms with Gasteiger partial charge in [-0.2, -0.15) is 0 Å². The molecule has 152 valence electrons. The predicted octanol–water partition coefficient (Wildman–Crippen LogP) is 5.41. The lowest BCUT2D eigenvalue weighted by Gasteiger charge is -2.13. The summed E-state index contributed by atoms with van der Waals surface area (Å²) in [4.78, 5) is 12.3. The van der Waals surface area contributed by atoms with Crippen molar-refractivity contribution in [1.82, 2.24) is 15.5 Å². The van der Waals surface area contributed by atoms with E-state index in [1.807, 2.05) is 30.3 Å². The summed E-state index contributed by atoms with van der Waals surface area (Å²) < 4.78 is 5.65. The zero-order chi connectivity index (χ0) is 20.0. The van der Waals surface area contributed by atoms with Crippen LogP contribution in [0.3, 0.4) is 0 Å². The van der Waals surface area contributed by atoms with Crippen LogP contribution in [-0.2, 0) is 0 Å². The van der Waals surface area contributed by atoms with E-state index in [4.69, 9.17) is 4.74 Å². The van der Waals surface area contributed by atoms with Crippen molar-refractivity contribution in [3.05, 3.63) is 36.4 Å². The van der Waals surface area contributed by atoms with Crippen molar-refractivity contribution in [3.63, 3.8) is 0 Å². The molecule has 0 aliphatic carbocycles. The van der Waals surface area contributed by atoms with Crippen molar-refractivity contribution in [2.45, 2.75) is 58.8 Å². The third-order valence-corrected chi connectivity index (χ3v) is 4.38. The Hall–Kier alpha value is -2.63. The number of unbranched alkanes of at least 4 members (excludes halogenated alkanes) is 5. The number of urea groups is 1. The van der Waals surface area contributed by atoms with Gasteiger partial charge in [0.25, 0.3) is 0 Å². The molecule has 2 amide bonds. The van der Waals surface area contributed by atoms with Gasteiger partial charge in [-0.3, -0.25) is 0 Å². The third kappa shape index (κ3) is 7.55. The van der Waals surface area contributed by atoms with Crippen LogP contribution >= 0.6 is 0 Å². The minimum Gasteiger partial charge on any atom is -0.477 e. The first kappa shape index (κ1) is 21.7. The van der Waals surface area contributed by atoms with E-state index < -0.39 is 0 Å².